The molecule has 1 aromatic heterocycles. The molecule has 2 fully saturated rings. The van der Waals surface area contributed by atoms with Crippen LogP contribution in [0.2, 0.25) is 0 Å². The van der Waals surface area contributed by atoms with Gasteiger partial charge in [-0.2, -0.15) is 0 Å². The molecule has 0 atom stereocenters. The van der Waals surface area contributed by atoms with Crippen molar-refractivity contribution in [3.05, 3.63) is 53.7 Å². The Morgan fingerprint density at radius 3 is 2.57 bits per heavy atom. The highest BCUT2D eigenvalue weighted by atomic mass is 19.1. The molecule has 0 saturated heterocycles. The zero-order chi connectivity index (χ0) is 14.3. The van der Waals surface area contributed by atoms with E-state index in [4.69, 9.17) is 0 Å². The number of benzene rings is 1. The molecule has 0 unspecified atom stereocenters. The third-order valence-electron chi connectivity index (χ3n) is 4.53. The van der Waals surface area contributed by atoms with Gasteiger partial charge in [0.25, 0.3) is 0 Å². The summed E-state index contributed by atoms with van der Waals surface area (Å²) in [4.78, 5) is 8.93. The molecule has 0 aliphatic heterocycles. The normalized spacial score (nSPS) is 19.3. The van der Waals surface area contributed by atoms with E-state index >= 15 is 0 Å². The van der Waals surface area contributed by atoms with Crippen molar-refractivity contribution >= 4 is 5.82 Å². The number of halogens is 1. The number of nitrogens with one attached hydrogen (secondary N) is 1. The molecule has 2 aliphatic rings. The smallest absolute Gasteiger partial charge is 0.133 e. The predicted molar refractivity (Wildman–Crippen MR) is 79.8 cm³/mol. The molecule has 2 aromatic rings. The topological polar surface area (TPSA) is 37.8 Å². The van der Waals surface area contributed by atoms with Crippen LogP contribution in [0.1, 0.15) is 43.0 Å². The summed E-state index contributed by atoms with van der Waals surface area (Å²) in [6.07, 6.45) is 6.55. The fourth-order valence-electron chi connectivity index (χ4n) is 2.79. The molecular formula is C17H18FN3. The predicted octanol–water partition coefficient (Wildman–Crippen LogP) is 3.64. The minimum absolute atomic E-state index is 0.151. The molecule has 1 N–H and O–H groups in total. The fraction of sp³-hybridized carbons (Fsp3) is 0.412. The lowest BCUT2D eigenvalue weighted by Gasteiger charge is -2.17. The molecular weight excluding hydrogens is 265 g/mol. The van der Waals surface area contributed by atoms with Crippen LogP contribution in [0.4, 0.5) is 10.2 Å². The van der Waals surface area contributed by atoms with Crippen LogP contribution in [0.15, 0.2) is 36.5 Å². The van der Waals surface area contributed by atoms with E-state index in [1.54, 1.807) is 12.1 Å². The summed E-state index contributed by atoms with van der Waals surface area (Å²) in [6, 6.07) is 8.82. The highest BCUT2D eigenvalue weighted by Crippen LogP contribution is 2.48. The molecule has 108 valence electrons. The largest absolute Gasteiger partial charge is 0.369 e. The molecule has 0 bridgehead atoms. The summed E-state index contributed by atoms with van der Waals surface area (Å²) in [6.45, 7) is 0.847. The van der Waals surface area contributed by atoms with Gasteiger partial charge in [0.05, 0.1) is 0 Å². The van der Waals surface area contributed by atoms with Crippen molar-refractivity contribution in [3.63, 3.8) is 0 Å². The SMILES string of the molecule is Fc1ccc(C2(CNc3ccnc(C4CC4)n3)CC2)cc1. The Morgan fingerprint density at radius 1 is 1.14 bits per heavy atom. The van der Waals surface area contributed by atoms with Crippen LogP contribution < -0.4 is 5.32 Å². The molecule has 0 radical (unpaired) electrons. The first-order valence-electron chi connectivity index (χ1n) is 7.58. The summed E-state index contributed by atoms with van der Waals surface area (Å²) in [5, 5.41) is 3.44. The monoisotopic (exact) mass is 283 g/mol. The van der Waals surface area contributed by atoms with Crippen LogP contribution >= 0.6 is 0 Å². The van der Waals surface area contributed by atoms with Gasteiger partial charge in [0.1, 0.15) is 17.5 Å². The van der Waals surface area contributed by atoms with Crippen LogP contribution in [-0.2, 0) is 5.41 Å². The number of anilines is 1. The van der Waals surface area contributed by atoms with Gasteiger partial charge in [-0.3, -0.25) is 0 Å². The third-order valence-corrected chi connectivity index (χ3v) is 4.53. The van der Waals surface area contributed by atoms with E-state index in [1.807, 2.05) is 24.4 Å². The van der Waals surface area contributed by atoms with Gasteiger partial charge in [-0.05, 0) is 49.4 Å². The van der Waals surface area contributed by atoms with Gasteiger partial charge < -0.3 is 5.32 Å². The number of hydrogen-bond donors (Lipinski definition) is 1. The molecule has 0 spiro atoms. The van der Waals surface area contributed by atoms with Gasteiger partial charge in [0.15, 0.2) is 0 Å². The summed E-state index contributed by atoms with van der Waals surface area (Å²) in [5.74, 6) is 2.26. The summed E-state index contributed by atoms with van der Waals surface area (Å²) in [7, 11) is 0. The van der Waals surface area contributed by atoms with Gasteiger partial charge in [0.2, 0.25) is 0 Å². The Labute approximate surface area is 123 Å². The molecule has 4 heteroatoms. The van der Waals surface area contributed by atoms with Crippen LogP contribution in [0.5, 0.6) is 0 Å². The van der Waals surface area contributed by atoms with Crippen molar-refractivity contribution in [2.24, 2.45) is 0 Å². The van der Waals surface area contributed by atoms with Gasteiger partial charge in [-0.15, -0.1) is 0 Å². The second-order valence-corrected chi connectivity index (χ2v) is 6.22. The Kier molecular flexibility index (Phi) is 2.91. The van der Waals surface area contributed by atoms with E-state index in [-0.39, 0.29) is 11.2 Å². The molecule has 1 aromatic carbocycles. The number of nitrogens with zero attached hydrogens (tertiary/aromatic N) is 2. The first kappa shape index (κ1) is 12.7. The summed E-state index contributed by atoms with van der Waals surface area (Å²) < 4.78 is 13.0. The average Bonchev–Trinajstić information content (AvgIpc) is 3.39. The van der Waals surface area contributed by atoms with E-state index < -0.39 is 0 Å². The van der Waals surface area contributed by atoms with Gasteiger partial charge in [-0.1, -0.05) is 12.1 Å². The summed E-state index contributed by atoms with van der Waals surface area (Å²) >= 11 is 0. The Hall–Kier alpha value is -1.97. The van der Waals surface area contributed by atoms with Crippen molar-refractivity contribution < 1.29 is 4.39 Å². The molecule has 3 nitrogen and oxygen atoms in total. The summed E-state index contributed by atoms with van der Waals surface area (Å²) in [5.41, 5.74) is 1.37. The van der Waals surface area contributed by atoms with E-state index in [1.165, 1.54) is 18.4 Å². The maximum absolute atomic E-state index is 13.0. The molecule has 0 amide bonds. The first-order valence-corrected chi connectivity index (χ1v) is 7.58. The van der Waals surface area contributed by atoms with E-state index in [0.717, 1.165) is 31.0 Å². The first-order chi connectivity index (χ1) is 10.3. The van der Waals surface area contributed by atoms with Crippen LogP contribution in [-0.4, -0.2) is 16.5 Å². The van der Waals surface area contributed by atoms with Crippen molar-refractivity contribution in [2.45, 2.75) is 37.0 Å². The van der Waals surface area contributed by atoms with Gasteiger partial charge in [0, 0.05) is 24.1 Å². The van der Waals surface area contributed by atoms with Crippen LogP contribution in [0.3, 0.4) is 0 Å². The Morgan fingerprint density at radius 2 is 1.90 bits per heavy atom. The van der Waals surface area contributed by atoms with Crippen molar-refractivity contribution in [1.29, 1.82) is 0 Å². The molecule has 21 heavy (non-hydrogen) atoms. The maximum atomic E-state index is 13.0. The van der Waals surface area contributed by atoms with Crippen molar-refractivity contribution in [1.82, 2.24) is 9.97 Å². The number of rotatable bonds is 5. The third kappa shape index (κ3) is 2.62. The van der Waals surface area contributed by atoms with Crippen molar-refractivity contribution in [3.8, 4) is 0 Å². The van der Waals surface area contributed by atoms with Crippen LogP contribution in [0.25, 0.3) is 0 Å². The molecule has 2 saturated carbocycles. The molecule has 2 aliphatic carbocycles. The minimum Gasteiger partial charge on any atom is -0.369 e. The van der Waals surface area contributed by atoms with Gasteiger partial charge in [-0.25, -0.2) is 14.4 Å². The van der Waals surface area contributed by atoms with E-state index in [9.17, 15) is 4.39 Å². The van der Waals surface area contributed by atoms with E-state index in [2.05, 4.69) is 15.3 Å². The molecule has 1 heterocycles. The molecule has 4 rings (SSSR count). The lowest BCUT2D eigenvalue weighted by Crippen LogP contribution is -2.20. The quantitative estimate of drug-likeness (QED) is 0.910. The van der Waals surface area contributed by atoms with Gasteiger partial charge >= 0.3 is 0 Å². The second-order valence-electron chi connectivity index (χ2n) is 6.22. The van der Waals surface area contributed by atoms with Crippen molar-refractivity contribution in [2.75, 3.05) is 11.9 Å². The van der Waals surface area contributed by atoms with Crippen LogP contribution in [0, 0.1) is 5.82 Å². The maximum Gasteiger partial charge on any atom is 0.133 e. The average molecular weight is 283 g/mol. The fourth-order valence-corrected chi connectivity index (χ4v) is 2.79. The zero-order valence-corrected chi connectivity index (χ0v) is 11.8. The minimum atomic E-state index is -0.174. The second kappa shape index (κ2) is 4.79. The number of hydrogen-bond acceptors (Lipinski definition) is 3. The standard InChI is InChI=1S/C17H18FN3/c18-14-5-3-13(4-6-14)17(8-9-17)11-20-15-7-10-19-16(21-15)12-1-2-12/h3-7,10,12H,1-2,8-9,11H2,(H,19,20,21). The van der Waals surface area contributed by atoms with E-state index in [0.29, 0.717) is 5.92 Å². The zero-order valence-electron chi connectivity index (χ0n) is 11.8. The lowest BCUT2D eigenvalue weighted by atomic mass is 9.96. The highest BCUT2D eigenvalue weighted by Gasteiger charge is 2.44. The lowest BCUT2D eigenvalue weighted by molar-refractivity contribution is 0.624. The Balaban J connectivity index is 1.46. The highest BCUT2D eigenvalue weighted by molar-refractivity contribution is 5.39. The number of aromatic nitrogens is 2. The Bertz CT molecular complexity index is 645.